The van der Waals surface area contributed by atoms with E-state index >= 15 is 0 Å². The summed E-state index contributed by atoms with van der Waals surface area (Å²) in [5, 5.41) is 2.72. The molecule has 7 nitrogen and oxygen atoms in total. The van der Waals surface area contributed by atoms with E-state index in [0.29, 0.717) is 18.9 Å². The number of ether oxygens (including phenoxy) is 1. The number of anilines is 1. The number of hydrogen-bond donors (Lipinski definition) is 3. The summed E-state index contributed by atoms with van der Waals surface area (Å²) in [6.45, 7) is 6.52. The summed E-state index contributed by atoms with van der Waals surface area (Å²) in [6.07, 6.45) is 1.50. The Labute approximate surface area is 149 Å². The zero-order chi connectivity index (χ0) is 18.7. The summed E-state index contributed by atoms with van der Waals surface area (Å²) in [4.78, 5) is 12.5. The van der Waals surface area contributed by atoms with Crippen LogP contribution in [-0.4, -0.2) is 39.1 Å². The second kappa shape index (κ2) is 7.82. The maximum atomic E-state index is 12.4. The molecule has 1 aromatic carbocycles. The van der Waals surface area contributed by atoms with Gasteiger partial charge in [-0.25, -0.2) is 13.1 Å². The van der Waals surface area contributed by atoms with Gasteiger partial charge in [0.25, 0.3) is 0 Å². The Morgan fingerprint density at radius 2 is 1.92 bits per heavy atom. The number of carbonyl (C=O) groups excluding carboxylic acids is 1. The molecule has 4 N–H and O–H groups in total. The Hall–Kier alpha value is -1.48. The van der Waals surface area contributed by atoms with Crippen LogP contribution in [0.15, 0.2) is 29.2 Å². The highest BCUT2D eigenvalue weighted by atomic mass is 32.2. The Kier molecular flexibility index (Phi) is 6.21. The van der Waals surface area contributed by atoms with E-state index in [0.717, 1.165) is 12.8 Å². The van der Waals surface area contributed by atoms with Crippen LogP contribution in [0.1, 0.15) is 33.6 Å². The molecule has 0 spiro atoms. The van der Waals surface area contributed by atoms with E-state index in [9.17, 15) is 13.2 Å². The lowest BCUT2D eigenvalue weighted by Gasteiger charge is -2.26. The van der Waals surface area contributed by atoms with Gasteiger partial charge in [-0.1, -0.05) is 6.07 Å². The summed E-state index contributed by atoms with van der Waals surface area (Å²) < 4.78 is 32.7. The van der Waals surface area contributed by atoms with Gasteiger partial charge in [0.15, 0.2) is 0 Å². The fourth-order valence-electron chi connectivity index (χ4n) is 2.72. The fourth-order valence-corrected chi connectivity index (χ4v) is 4.18. The Balaban J connectivity index is 2.09. The van der Waals surface area contributed by atoms with Gasteiger partial charge < -0.3 is 15.8 Å². The first-order valence-corrected chi connectivity index (χ1v) is 9.85. The number of nitrogens with one attached hydrogen (secondary N) is 2. The standard InChI is InChI=1S/C17H27N3O4S/c1-17(2,3)20-25(22,23)14-6-4-5-13(11-14)19-16(21)15(18)12-7-9-24-10-8-12/h4-6,11-12,15,20H,7-10,18H2,1-3H3,(H,19,21). The molecule has 1 heterocycles. The number of amides is 1. The van der Waals surface area contributed by atoms with Gasteiger partial charge in [-0.3, -0.25) is 4.79 Å². The molecular weight excluding hydrogens is 342 g/mol. The number of hydrogen-bond acceptors (Lipinski definition) is 5. The average Bonchev–Trinajstić information content (AvgIpc) is 2.53. The first-order valence-electron chi connectivity index (χ1n) is 8.37. The number of sulfonamides is 1. The zero-order valence-electron chi connectivity index (χ0n) is 14.9. The minimum Gasteiger partial charge on any atom is -0.381 e. The van der Waals surface area contributed by atoms with Gasteiger partial charge in [-0.15, -0.1) is 0 Å². The Morgan fingerprint density at radius 1 is 1.28 bits per heavy atom. The molecule has 0 radical (unpaired) electrons. The molecule has 8 heteroatoms. The van der Waals surface area contributed by atoms with Crippen molar-refractivity contribution in [2.45, 2.75) is 50.1 Å². The quantitative estimate of drug-likeness (QED) is 0.728. The van der Waals surface area contributed by atoms with Crippen molar-refractivity contribution in [3.05, 3.63) is 24.3 Å². The number of carbonyl (C=O) groups is 1. The SMILES string of the molecule is CC(C)(C)NS(=O)(=O)c1cccc(NC(=O)C(N)C2CCOCC2)c1. The fraction of sp³-hybridized carbons (Fsp3) is 0.588. The summed E-state index contributed by atoms with van der Waals surface area (Å²) in [6, 6.07) is 5.51. The zero-order valence-corrected chi connectivity index (χ0v) is 15.7. The largest absolute Gasteiger partial charge is 0.381 e. The molecule has 0 saturated carbocycles. The van der Waals surface area contributed by atoms with Gasteiger partial charge in [0.05, 0.1) is 10.9 Å². The number of rotatable bonds is 5. The molecule has 1 amide bonds. The molecule has 1 atom stereocenters. The van der Waals surface area contributed by atoms with Gasteiger partial charge >= 0.3 is 0 Å². The maximum absolute atomic E-state index is 12.4. The van der Waals surface area contributed by atoms with Gasteiger partial charge in [0.2, 0.25) is 15.9 Å². The molecule has 0 aliphatic carbocycles. The molecule has 1 saturated heterocycles. The van der Waals surface area contributed by atoms with Crippen molar-refractivity contribution < 1.29 is 17.9 Å². The minimum atomic E-state index is -3.67. The normalized spacial score (nSPS) is 17.9. The van der Waals surface area contributed by atoms with Crippen LogP contribution >= 0.6 is 0 Å². The first kappa shape index (κ1) is 19.8. The van der Waals surface area contributed by atoms with Crippen LogP contribution in [0.25, 0.3) is 0 Å². The lowest BCUT2D eigenvalue weighted by Crippen LogP contribution is -2.44. The number of nitrogens with two attached hydrogens (primary N) is 1. The van der Waals surface area contributed by atoms with E-state index < -0.39 is 21.6 Å². The highest BCUT2D eigenvalue weighted by Gasteiger charge is 2.27. The lowest BCUT2D eigenvalue weighted by atomic mass is 9.92. The molecular formula is C17H27N3O4S. The molecule has 0 bridgehead atoms. The Morgan fingerprint density at radius 3 is 2.52 bits per heavy atom. The van der Waals surface area contributed by atoms with Crippen molar-refractivity contribution >= 4 is 21.6 Å². The van der Waals surface area contributed by atoms with Gasteiger partial charge in [0, 0.05) is 24.4 Å². The minimum absolute atomic E-state index is 0.0724. The maximum Gasteiger partial charge on any atom is 0.241 e. The van der Waals surface area contributed by atoms with E-state index in [2.05, 4.69) is 10.0 Å². The summed E-state index contributed by atoms with van der Waals surface area (Å²) in [5.74, 6) is -0.242. The van der Waals surface area contributed by atoms with Crippen molar-refractivity contribution in [1.29, 1.82) is 0 Å². The van der Waals surface area contributed by atoms with Crippen molar-refractivity contribution in [1.82, 2.24) is 4.72 Å². The van der Waals surface area contributed by atoms with E-state index in [1.54, 1.807) is 32.9 Å². The predicted octanol–water partition coefficient (Wildman–Crippen LogP) is 1.46. The van der Waals surface area contributed by atoms with Crippen molar-refractivity contribution in [3.63, 3.8) is 0 Å². The molecule has 1 unspecified atom stereocenters. The summed E-state index contributed by atoms with van der Waals surface area (Å²) in [5.41, 5.74) is 5.86. The first-order chi connectivity index (χ1) is 11.6. The van der Waals surface area contributed by atoms with Gasteiger partial charge in [0.1, 0.15) is 0 Å². The molecule has 2 rings (SSSR count). The Bertz CT molecular complexity index is 707. The topological polar surface area (TPSA) is 111 Å². The van der Waals surface area contributed by atoms with Crippen LogP contribution in [0.3, 0.4) is 0 Å². The van der Waals surface area contributed by atoms with Crippen LogP contribution < -0.4 is 15.8 Å². The lowest BCUT2D eigenvalue weighted by molar-refractivity contribution is -0.119. The highest BCUT2D eigenvalue weighted by Crippen LogP contribution is 2.21. The third kappa shape index (κ3) is 5.78. The third-order valence-electron chi connectivity index (χ3n) is 3.93. The number of benzene rings is 1. The molecule has 1 aliphatic heterocycles. The van der Waals surface area contributed by atoms with Crippen LogP contribution in [-0.2, 0) is 19.6 Å². The van der Waals surface area contributed by atoms with Crippen molar-refractivity contribution in [2.24, 2.45) is 11.7 Å². The summed E-state index contributed by atoms with van der Waals surface area (Å²) in [7, 11) is -3.67. The van der Waals surface area contributed by atoms with Crippen LogP contribution in [0.4, 0.5) is 5.69 Å². The predicted molar refractivity (Wildman–Crippen MR) is 96.7 cm³/mol. The summed E-state index contributed by atoms with van der Waals surface area (Å²) >= 11 is 0. The monoisotopic (exact) mass is 369 g/mol. The van der Waals surface area contributed by atoms with Crippen molar-refractivity contribution in [3.8, 4) is 0 Å². The molecule has 1 fully saturated rings. The van der Waals surface area contributed by atoms with Gasteiger partial charge in [-0.05, 0) is 57.7 Å². The third-order valence-corrected chi connectivity index (χ3v) is 5.68. The van der Waals surface area contributed by atoms with Crippen LogP contribution in [0, 0.1) is 5.92 Å². The second-order valence-electron chi connectivity index (χ2n) is 7.35. The highest BCUT2D eigenvalue weighted by molar-refractivity contribution is 7.89. The molecule has 1 aliphatic rings. The molecule has 25 heavy (non-hydrogen) atoms. The molecule has 0 aromatic heterocycles. The van der Waals surface area contributed by atoms with E-state index in [4.69, 9.17) is 10.5 Å². The van der Waals surface area contributed by atoms with E-state index in [1.165, 1.54) is 12.1 Å². The van der Waals surface area contributed by atoms with Crippen molar-refractivity contribution in [2.75, 3.05) is 18.5 Å². The van der Waals surface area contributed by atoms with Gasteiger partial charge in [-0.2, -0.15) is 0 Å². The van der Waals surface area contributed by atoms with E-state index in [1.807, 2.05) is 0 Å². The van der Waals surface area contributed by atoms with Crippen LogP contribution in [0.2, 0.25) is 0 Å². The average molecular weight is 369 g/mol. The van der Waals surface area contributed by atoms with E-state index in [-0.39, 0.29) is 16.7 Å². The second-order valence-corrected chi connectivity index (χ2v) is 9.03. The smallest absolute Gasteiger partial charge is 0.241 e. The molecule has 140 valence electrons. The molecule has 1 aromatic rings. The van der Waals surface area contributed by atoms with Crippen LogP contribution in [0.5, 0.6) is 0 Å².